The maximum Gasteiger partial charge on any atom is 0.329 e. The van der Waals surface area contributed by atoms with Gasteiger partial charge in [-0.05, 0) is 6.42 Å². The van der Waals surface area contributed by atoms with Crippen molar-refractivity contribution in [1.29, 1.82) is 0 Å². The van der Waals surface area contributed by atoms with Crippen LogP contribution in [0.4, 0.5) is 0 Å². The second-order valence-corrected chi connectivity index (χ2v) is 8.28. The van der Waals surface area contributed by atoms with Gasteiger partial charge in [-0.25, -0.2) is 4.79 Å². The van der Waals surface area contributed by atoms with Crippen molar-refractivity contribution in [1.82, 2.24) is 0 Å². The van der Waals surface area contributed by atoms with E-state index in [0.717, 1.165) is 13.0 Å². The lowest BCUT2D eigenvalue weighted by molar-refractivity contribution is -0.142. The van der Waals surface area contributed by atoms with Gasteiger partial charge in [0.25, 0.3) is 0 Å². The van der Waals surface area contributed by atoms with E-state index in [2.05, 4.69) is 6.92 Å². The molecule has 0 radical (unpaired) electrons. The molecule has 0 aliphatic rings. The van der Waals surface area contributed by atoms with Crippen LogP contribution in [0.3, 0.4) is 0 Å². The van der Waals surface area contributed by atoms with Gasteiger partial charge in [-0.2, -0.15) is 0 Å². The minimum atomic E-state index is -0.993. The molecule has 1 N–H and O–H groups in total. The summed E-state index contributed by atoms with van der Waals surface area (Å²) in [5.74, 6) is -0.993. The van der Waals surface area contributed by atoms with Gasteiger partial charge in [0, 0.05) is 6.61 Å². The number of ether oxygens (including phenoxy) is 11. The van der Waals surface area contributed by atoms with Gasteiger partial charge in [-0.1, -0.05) is 19.8 Å². The van der Waals surface area contributed by atoms with E-state index in [1.807, 2.05) is 0 Å². The Kier molecular flexibility index (Phi) is 35.2. The molecule has 0 amide bonds. The van der Waals surface area contributed by atoms with Gasteiger partial charge in [0.15, 0.2) is 0 Å². The van der Waals surface area contributed by atoms with Gasteiger partial charge >= 0.3 is 5.97 Å². The van der Waals surface area contributed by atoms with E-state index in [1.165, 1.54) is 12.8 Å². The molecular formula is C27H54O13. The number of carboxylic acid groups (broad SMARTS) is 1. The topological polar surface area (TPSA) is 139 Å². The maximum absolute atomic E-state index is 10.3. The number of carboxylic acids is 1. The van der Waals surface area contributed by atoms with E-state index in [4.69, 9.17) is 57.2 Å². The minimum absolute atomic E-state index is 0.245. The Labute approximate surface area is 239 Å². The first-order valence-corrected chi connectivity index (χ1v) is 14.3. The average molecular weight is 587 g/mol. The molecule has 0 atom stereocenters. The summed E-state index contributed by atoms with van der Waals surface area (Å²) in [7, 11) is 0. The van der Waals surface area contributed by atoms with Crippen LogP contribution in [0.25, 0.3) is 0 Å². The first-order chi connectivity index (χ1) is 19.8. The lowest BCUT2D eigenvalue weighted by Crippen LogP contribution is -2.15. The third-order valence-corrected chi connectivity index (χ3v) is 4.84. The Morgan fingerprint density at radius 1 is 0.375 bits per heavy atom. The van der Waals surface area contributed by atoms with Crippen LogP contribution in [0.2, 0.25) is 0 Å². The van der Waals surface area contributed by atoms with Crippen LogP contribution in [0.5, 0.6) is 0 Å². The van der Waals surface area contributed by atoms with Crippen molar-refractivity contribution >= 4 is 5.97 Å². The van der Waals surface area contributed by atoms with Gasteiger partial charge in [0.05, 0.1) is 132 Å². The normalized spacial score (nSPS) is 11.4. The van der Waals surface area contributed by atoms with E-state index in [1.54, 1.807) is 0 Å². The lowest BCUT2D eigenvalue weighted by Gasteiger charge is -2.09. The van der Waals surface area contributed by atoms with E-state index >= 15 is 0 Å². The van der Waals surface area contributed by atoms with Gasteiger partial charge in [-0.15, -0.1) is 0 Å². The molecule has 0 aromatic carbocycles. The van der Waals surface area contributed by atoms with Crippen molar-refractivity contribution in [2.75, 3.05) is 145 Å². The second kappa shape index (κ2) is 36.1. The lowest BCUT2D eigenvalue weighted by atomic mass is 10.3. The standard InChI is InChI=1S/C27H54O13/c1-2-3-4-5-30-6-7-31-8-9-32-10-11-33-12-13-34-14-15-35-16-17-36-18-19-37-20-21-38-22-23-39-24-25-40-26-27(28)29/h2-26H2,1H3,(H,28,29). The number of hydrogen-bond acceptors (Lipinski definition) is 12. The monoisotopic (exact) mass is 586 g/mol. The summed E-state index contributed by atoms with van der Waals surface area (Å²) < 4.78 is 59.0. The molecule has 0 rings (SSSR count). The highest BCUT2D eigenvalue weighted by Crippen LogP contribution is 1.94. The second-order valence-electron chi connectivity index (χ2n) is 8.28. The molecule has 0 spiro atoms. The summed E-state index contributed by atoms with van der Waals surface area (Å²) in [4.78, 5) is 10.3. The molecule has 0 fully saturated rings. The summed E-state index contributed by atoms with van der Waals surface area (Å²) in [6.45, 7) is 12.5. The first-order valence-electron chi connectivity index (χ1n) is 14.3. The molecule has 0 aromatic rings. The highest BCUT2D eigenvalue weighted by Gasteiger charge is 1.97. The number of carbonyl (C=O) groups is 1. The minimum Gasteiger partial charge on any atom is -0.480 e. The van der Waals surface area contributed by atoms with E-state index in [0.29, 0.717) is 126 Å². The van der Waals surface area contributed by atoms with Gasteiger partial charge < -0.3 is 57.2 Å². The summed E-state index contributed by atoms with van der Waals surface area (Å²) in [5.41, 5.74) is 0. The fraction of sp³-hybridized carbons (Fsp3) is 0.963. The van der Waals surface area contributed by atoms with E-state index in [9.17, 15) is 4.79 Å². The Bertz CT molecular complexity index is 485. The zero-order valence-corrected chi connectivity index (χ0v) is 24.5. The third-order valence-electron chi connectivity index (χ3n) is 4.84. The van der Waals surface area contributed by atoms with Crippen LogP contribution >= 0.6 is 0 Å². The van der Waals surface area contributed by atoms with Crippen LogP contribution in [-0.4, -0.2) is 156 Å². The number of unbranched alkanes of at least 4 members (excludes halogenated alkanes) is 2. The molecule has 13 heteroatoms. The van der Waals surface area contributed by atoms with Gasteiger partial charge in [-0.3, -0.25) is 0 Å². The highest BCUT2D eigenvalue weighted by atomic mass is 16.6. The Hall–Kier alpha value is -0.970. The van der Waals surface area contributed by atoms with Gasteiger partial charge in [0.1, 0.15) is 6.61 Å². The van der Waals surface area contributed by atoms with Crippen molar-refractivity contribution in [3.63, 3.8) is 0 Å². The number of rotatable bonds is 36. The van der Waals surface area contributed by atoms with Crippen LogP contribution in [0.15, 0.2) is 0 Å². The maximum atomic E-state index is 10.3. The summed E-state index contributed by atoms with van der Waals surface area (Å²) in [5, 5.41) is 8.41. The molecule has 0 saturated carbocycles. The number of aliphatic carboxylic acids is 1. The molecule has 40 heavy (non-hydrogen) atoms. The molecular weight excluding hydrogens is 532 g/mol. The summed E-state index contributed by atoms with van der Waals surface area (Å²) in [6.07, 6.45) is 3.53. The highest BCUT2D eigenvalue weighted by molar-refractivity contribution is 5.67. The van der Waals surface area contributed by atoms with Gasteiger partial charge in [0.2, 0.25) is 0 Å². The predicted octanol–water partition coefficient (Wildman–Crippen LogP) is 1.44. The molecule has 13 nitrogen and oxygen atoms in total. The summed E-state index contributed by atoms with van der Waals surface area (Å²) in [6, 6.07) is 0. The fourth-order valence-corrected chi connectivity index (χ4v) is 2.81. The third kappa shape index (κ3) is 37.0. The van der Waals surface area contributed by atoms with Crippen molar-refractivity contribution in [2.24, 2.45) is 0 Å². The molecule has 0 aromatic heterocycles. The molecule has 0 unspecified atom stereocenters. The largest absolute Gasteiger partial charge is 0.480 e. The Morgan fingerprint density at radius 2 is 0.600 bits per heavy atom. The quantitative estimate of drug-likeness (QED) is 0.106. The Balaban J connectivity index is 3.03. The molecule has 0 saturated heterocycles. The van der Waals surface area contributed by atoms with E-state index in [-0.39, 0.29) is 13.2 Å². The fourth-order valence-electron chi connectivity index (χ4n) is 2.81. The smallest absolute Gasteiger partial charge is 0.329 e. The van der Waals surface area contributed by atoms with Crippen molar-refractivity contribution in [3.05, 3.63) is 0 Å². The first kappa shape index (κ1) is 39.0. The SMILES string of the molecule is CCCCCOCCOCCOCCOCCOCCOCCOCCOCCOCCOCCOCC(=O)O. The molecule has 0 aliphatic heterocycles. The van der Waals surface area contributed by atoms with Crippen LogP contribution in [0, 0.1) is 0 Å². The number of hydrogen-bond donors (Lipinski definition) is 1. The van der Waals surface area contributed by atoms with Crippen molar-refractivity contribution in [2.45, 2.75) is 26.2 Å². The van der Waals surface area contributed by atoms with Crippen LogP contribution in [0.1, 0.15) is 26.2 Å². The molecule has 0 aliphatic carbocycles. The average Bonchev–Trinajstić information content (AvgIpc) is 2.95. The zero-order valence-electron chi connectivity index (χ0n) is 24.5. The zero-order chi connectivity index (χ0) is 29.0. The van der Waals surface area contributed by atoms with Crippen molar-refractivity contribution in [3.8, 4) is 0 Å². The van der Waals surface area contributed by atoms with Crippen molar-refractivity contribution < 1.29 is 62.0 Å². The summed E-state index contributed by atoms with van der Waals surface area (Å²) >= 11 is 0. The Morgan fingerprint density at radius 3 is 0.825 bits per heavy atom. The van der Waals surface area contributed by atoms with E-state index < -0.39 is 5.97 Å². The predicted molar refractivity (Wildman–Crippen MR) is 146 cm³/mol. The van der Waals surface area contributed by atoms with Crippen LogP contribution in [-0.2, 0) is 56.9 Å². The molecule has 0 heterocycles. The molecule has 240 valence electrons. The molecule has 0 bridgehead atoms. The van der Waals surface area contributed by atoms with Crippen LogP contribution < -0.4 is 0 Å².